The molecule has 76 valence electrons. The van der Waals surface area contributed by atoms with Crippen LogP contribution in [0, 0.1) is 5.92 Å². The van der Waals surface area contributed by atoms with Gasteiger partial charge in [0.25, 0.3) is 0 Å². The third kappa shape index (κ3) is 2.56. The van der Waals surface area contributed by atoms with E-state index in [1.807, 2.05) is 12.1 Å². The third-order valence-electron chi connectivity index (χ3n) is 2.53. The number of alkyl halides is 1. The van der Waals surface area contributed by atoms with Gasteiger partial charge in [0, 0.05) is 10.0 Å². The van der Waals surface area contributed by atoms with Gasteiger partial charge in [0.05, 0.1) is 5.38 Å². The highest BCUT2D eigenvalue weighted by molar-refractivity contribution is 6.34. The van der Waals surface area contributed by atoms with Crippen molar-refractivity contribution in [2.45, 2.75) is 24.6 Å². The zero-order valence-electron chi connectivity index (χ0n) is 7.64. The molecule has 0 nitrogen and oxygen atoms in total. The first-order chi connectivity index (χ1) is 6.66. The molecule has 0 saturated heterocycles. The number of halogens is 3. The first-order valence-corrected chi connectivity index (χ1v) is 5.95. The average Bonchev–Trinajstić information content (AvgIpc) is 2.93. The van der Waals surface area contributed by atoms with E-state index in [1.165, 1.54) is 12.8 Å². The highest BCUT2D eigenvalue weighted by Crippen LogP contribution is 2.42. The molecule has 3 heteroatoms. The molecule has 0 radical (unpaired) electrons. The van der Waals surface area contributed by atoms with Crippen LogP contribution in [0.1, 0.15) is 30.2 Å². The van der Waals surface area contributed by atoms with Gasteiger partial charge < -0.3 is 0 Å². The fourth-order valence-corrected chi connectivity index (χ4v) is 2.45. The molecule has 0 amide bonds. The summed E-state index contributed by atoms with van der Waals surface area (Å²) in [7, 11) is 0. The van der Waals surface area contributed by atoms with Crippen LogP contribution in [-0.4, -0.2) is 0 Å². The lowest BCUT2D eigenvalue weighted by Gasteiger charge is -2.11. The molecule has 1 saturated carbocycles. The van der Waals surface area contributed by atoms with Crippen molar-refractivity contribution in [2.24, 2.45) is 5.92 Å². The summed E-state index contributed by atoms with van der Waals surface area (Å²) in [6.45, 7) is 0. The minimum atomic E-state index is 0.00806. The predicted molar refractivity (Wildman–Crippen MR) is 62.4 cm³/mol. The number of benzene rings is 1. The van der Waals surface area contributed by atoms with Crippen molar-refractivity contribution in [3.63, 3.8) is 0 Å². The molecule has 1 aliphatic carbocycles. The maximum absolute atomic E-state index is 6.28. The molecule has 1 aromatic rings. The first-order valence-electron chi connectivity index (χ1n) is 4.76. The molecule has 0 N–H and O–H groups in total. The second-order valence-corrected chi connectivity index (χ2v) is 5.18. The van der Waals surface area contributed by atoms with Crippen molar-refractivity contribution < 1.29 is 0 Å². The Morgan fingerprint density at radius 1 is 1.29 bits per heavy atom. The molecule has 1 fully saturated rings. The van der Waals surface area contributed by atoms with Gasteiger partial charge >= 0.3 is 0 Å². The molecule has 1 aliphatic rings. The standard InChI is InChI=1S/C11H11Cl3/c12-8-3-4-10(13)9(6-8)11(14)5-7-1-2-7/h3-4,6-7,11H,1-2,5H2. The summed E-state index contributed by atoms with van der Waals surface area (Å²) in [5, 5.41) is 1.43. The van der Waals surface area contributed by atoms with Crippen LogP contribution in [0.4, 0.5) is 0 Å². The summed E-state index contributed by atoms with van der Waals surface area (Å²) in [4.78, 5) is 0. The molecule has 1 atom stereocenters. The number of hydrogen-bond acceptors (Lipinski definition) is 0. The highest BCUT2D eigenvalue weighted by atomic mass is 35.5. The van der Waals surface area contributed by atoms with Crippen LogP contribution in [0.2, 0.25) is 10.0 Å². The summed E-state index contributed by atoms with van der Waals surface area (Å²) in [5.74, 6) is 0.799. The van der Waals surface area contributed by atoms with E-state index in [2.05, 4.69) is 0 Å². The Morgan fingerprint density at radius 3 is 2.64 bits per heavy atom. The van der Waals surface area contributed by atoms with Gasteiger partial charge in [-0.3, -0.25) is 0 Å². The van der Waals surface area contributed by atoms with Crippen LogP contribution < -0.4 is 0 Å². The fraction of sp³-hybridized carbons (Fsp3) is 0.455. The third-order valence-corrected chi connectivity index (χ3v) is 3.53. The van der Waals surface area contributed by atoms with Crippen LogP contribution in [0.25, 0.3) is 0 Å². The Morgan fingerprint density at radius 2 is 2.00 bits per heavy atom. The Bertz CT molecular complexity index is 331. The van der Waals surface area contributed by atoms with Crippen molar-refractivity contribution in [1.29, 1.82) is 0 Å². The molecular formula is C11H11Cl3. The summed E-state index contributed by atoms with van der Waals surface area (Å²) in [6, 6.07) is 5.46. The van der Waals surface area contributed by atoms with E-state index in [-0.39, 0.29) is 5.38 Å². The SMILES string of the molecule is Clc1ccc(Cl)c(C(Cl)CC2CC2)c1. The van der Waals surface area contributed by atoms with Gasteiger partial charge in [0.2, 0.25) is 0 Å². The second-order valence-electron chi connectivity index (χ2n) is 3.81. The van der Waals surface area contributed by atoms with Crippen molar-refractivity contribution in [2.75, 3.05) is 0 Å². The zero-order valence-corrected chi connectivity index (χ0v) is 9.91. The molecule has 0 aromatic heterocycles. The van der Waals surface area contributed by atoms with Crippen LogP contribution in [-0.2, 0) is 0 Å². The number of rotatable bonds is 3. The lowest BCUT2D eigenvalue weighted by atomic mass is 10.1. The van der Waals surface area contributed by atoms with E-state index in [1.54, 1.807) is 6.07 Å². The molecule has 1 aromatic carbocycles. The van der Waals surface area contributed by atoms with Gasteiger partial charge in [-0.05, 0) is 36.1 Å². The van der Waals surface area contributed by atoms with Crippen molar-refractivity contribution >= 4 is 34.8 Å². The maximum Gasteiger partial charge on any atom is 0.0603 e. The molecule has 0 bridgehead atoms. The topological polar surface area (TPSA) is 0 Å². The molecule has 0 aliphatic heterocycles. The quantitative estimate of drug-likeness (QED) is 0.656. The molecule has 2 rings (SSSR count). The average molecular weight is 250 g/mol. The van der Waals surface area contributed by atoms with E-state index in [4.69, 9.17) is 34.8 Å². The van der Waals surface area contributed by atoms with Gasteiger partial charge in [0.15, 0.2) is 0 Å². The molecule has 0 heterocycles. The molecule has 1 unspecified atom stereocenters. The lowest BCUT2D eigenvalue weighted by Crippen LogP contribution is -1.93. The first kappa shape index (κ1) is 10.6. The van der Waals surface area contributed by atoms with Gasteiger partial charge in [-0.1, -0.05) is 36.0 Å². The molecule has 0 spiro atoms. The summed E-state index contributed by atoms with van der Waals surface area (Å²) < 4.78 is 0. The van der Waals surface area contributed by atoms with Crippen LogP contribution in [0.5, 0.6) is 0 Å². The van der Waals surface area contributed by atoms with E-state index < -0.39 is 0 Å². The summed E-state index contributed by atoms with van der Waals surface area (Å²) in [5.41, 5.74) is 0.965. The summed E-state index contributed by atoms with van der Waals surface area (Å²) >= 11 is 18.2. The van der Waals surface area contributed by atoms with Crippen LogP contribution >= 0.6 is 34.8 Å². The second kappa shape index (κ2) is 4.30. The van der Waals surface area contributed by atoms with E-state index in [0.29, 0.717) is 5.02 Å². The van der Waals surface area contributed by atoms with E-state index in [9.17, 15) is 0 Å². The van der Waals surface area contributed by atoms with Crippen LogP contribution in [0.15, 0.2) is 18.2 Å². The lowest BCUT2D eigenvalue weighted by molar-refractivity contribution is 0.706. The van der Waals surface area contributed by atoms with Gasteiger partial charge in [-0.15, -0.1) is 11.6 Å². The highest BCUT2D eigenvalue weighted by Gasteiger charge is 2.26. The minimum Gasteiger partial charge on any atom is -0.118 e. The van der Waals surface area contributed by atoms with Crippen molar-refractivity contribution in [3.8, 4) is 0 Å². The normalized spacial score (nSPS) is 18.2. The largest absolute Gasteiger partial charge is 0.118 e. The smallest absolute Gasteiger partial charge is 0.0603 e. The Hall–Kier alpha value is 0.0900. The van der Waals surface area contributed by atoms with E-state index in [0.717, 1.165) is 22.9 Å². The van der Waals surface area contributed by atoms with Gasteiger partial charge in [-0.2, -0.15) is 0 Å². The minimum absolute atomic E-state index is 0.00806. The Balaban J connectivity index is 2.15. The van der Waals surface area contributed by atoms with E-state index >= 15 is 0 Å². The summed E-state index contributed by atoms with van der Waals surface area (Å²) in [6.07, 6.45) is 3.63. The van der Waals surface area contributed by atoms with Gasteiger partial charge in [0.1, 0.15) is 0 Å². The maximum atomic E-state index is 6.28. The van der Waals surface area contributed by atoms with Crippen molar-refractivity contribution in [3.05, 3.63) is 33.8 Å². The predicted octanol–water partition coefficient (Wildman–Crippen LogP) is 5.07. The fourth-order valence-electron chi connectivity index (χ4n) is 1.53. The monoisotopic (exact) mass is 248 g/mol. The van der Waals surface area contributed by atoms with Crippen molar-refractivity contribution in [1.82, 2.24) is 0 Å². The Kier molecular flexibility index (Phi) is 3.26. The molecule has 14 heavy (non-hydrogen) atoms. The van der Waals surface area contributed by atoms with Crippen LogP contribution in [0.3, 0.4) is 0 Å². The Labute approximate surface area is 99.2 Å². The zero-order chi connectivity index (χ0) is 10.1. The number of hydrogen-bond donors (Lipinski definition) is 0. The molecular weight excluding hydrogens is 238 g/mol. The van der Waals surface area contributed by atoms with Gasteiger partial charge in [-0.25, -0.2) is 0 Å².